The van der Waals surface area contributed by atoms with Crippen LogP contribution in [0.15, 0.2) is 47.4 Å². The second-order valence-corrected chi connectivity index (χ2v) is 7.36. The van der Waals surface area contributed by atoms with Crippen molar-refractivity contribution in [3.63, 3.8) is 0 Å². The first-order valence-electron chi connectivity index (χ1n) is 7.76. The Bertz CT molecular complexity index is 852. The molecular weight excluding hydrogens is 360 g/mol. The molecule has 0 unspecified atom stereocenters. The number of nitrogens with two attached hydrogens (primary N) is 1. The van der Waals surface area contributed by atoms with Crippen molar-refractivity contribution >= 4 is 33.0 Å². The fourth-order valence-corrected chi connectivity index (χ4v) is 3.01. The van der Waals surface area contributed by atoms with E-state index < -0.39 is 10.0 Å². The lowest BCUT2D eigenvalue weighted by molar-refractivity contribution is 0.469. The van der Waals surface area contributed by atoms with E-state index in [4.69, 9.17) is 27.2 Å². The third kappa shape index (κ3) is 5.15. The Morgan fingerprint density at radius 3 is 2.52 bits per heavy atom. The Balaban J connectivity index is 2.59. The molecule has 0 bridgehead atoms. The van der Waals surface area contributed by atoms with Crippen LogP contribution in [0.4, 0.5) is 5.69 Å². The lowest BCUT2D eigenvalue weighted by atomic mass is 10.2. The molecule has 0 fully saturated rings. The highest BCUT2D eigenvalue weighted by molar-refractivity contribution is 7.89. The van der Waals surface area contributed by atoms with Crippen LogP contribution in [0, 0.1) is 0 Å². The zero-order valence-electron chi connectivity index (χ0n) is 13.8. The van der Waals surface area contributed by atoms with Crippen molar-refractivity contribution in [2.24, 2.45) is 5.14 Å². The van der Waals surface area contributed by atoms with Crippen LogP contribution >= 0.6 is 12.2 Å². The van der Waals surface area contributed by atoms with Crippen molar-refractivity contribution < 1.29 is 18.3 Å². The Labute approximate surface area is 152 Å². The van der Waals surface area contributed by atoms with Crippen molar-refractivity contribution in [3.8, 4) is 11.5 Å². The van der Waals surface area contributed by atoms with Gasteiger partial charge in [-0.25, -0.2) is 13.6 Å². The molecule has 0 saturated heterocycles. The number of hydrogen-bond donors (Lipinski definition) is 2. The van der Waals surface area contributed by atoms with E-state index in [1.165, 1.54) is 6.07 Å². The summed E-state index contributed by atoms with van der Waals surface area (Å²) in [5, 5.41) is 16.0. The maximum absolute atomic E-state index is 12.1. The van der Waals surface area contributed by atoms with Crippen LogP contribution in [0.1, 0.15) is 25.3 Å². The van der Waals surface area contributed by atoms with Crippen LogP contribution in [0.3, 0.4) is 0 Å². The fourth-order valence-electron chi connectivity index (χ4n) is 2.19. The number of thiocarbonyl (C=S) groups is 1. The van der Waals surface area contributed by atoms with Gasteiger partial charge in [0, 0.05) is 18.8 Å². The van der Waals surface area contributed by atoms with Gasteiger partial charge in [0.1, 0.15) is 10.6 Å². The monoisotopic (exact) mass is 381 g/mol. The summed E-state index contributed by atoms with van der Waals surface area (Å²) in [6.07, 6.45) is 1.87. The molecule has 0 amide bonds. The number of unbranched alkanes of at least 4 members (excludes halogenated alkanes) is 1. The Hall–Kier alpha value is -2.16. The molecule has 8 heteroatoms. The average Bonchev–Trinajstić information content (AvgIpc) is 2.56. The molecule has 2 rings (SSSR count). The van der Waals surface area contributed by atoms with E-state index in [9.17, 15) is 8.42 Å². The third-order valence-electron chi connectivity index (χ3n) is 3.43. The van der Waals surface area contributed by atoms with E-state index in [1.807, 2.05) is 13.0 Å². The Morgan fingerprint density at radius 1 is 1.28 bits per heavy atom. The Kier molecular flexibility index (Phi) is 6.35. The molecule has 0 aromatic heterocycles. The first kappa shape index (κ1) is 19.2. The number of ether oxygens (including phenoxy) is 1. The predicted octanol–water partition coefficient (Wildman–Crippen LogP) is 2.74. The van der Waals surface area contributed by atoms with E-state index in [0.717, 1.165) is 12.8 Å². The maximum atomic E-state index is 12.1. The molecule has 0 aliphatic heterocycles. The molecular formula is C17H21N2O4S2+. The van der Waals surface area contributed by atoms with Crippen molar-refractivity contribution in [3.05, 3.63) is 48.0 Å². The lowest BCUT2D eigenvalue weighted by Crippen LogP contribution is -2.16. The molecule has 2 aromatic rings. The van der Waals surface area contributed by atoms with E-state index in [0.29, 0.717) is 23.5 Å². The Morgan fingerprint density at radius 2 is 1.96 bits per heavy atom. The van der Waals surface area contributed by atoms with Crippen LogP contribution in [-0.4, -0.2) is 25.1 Å². The molecule has 5 N–H and O–H groups in total. The van der Waals surface area contributed by atoms with Crippen molar-refractivity contribution in [2.45, 2.75) is 24.7 Å². The minimum absolute atomic E-state index is 0.102. The largest absolute Gasteiger partial charge is 0.585 e. The highest BCUT2D eigenvalue weighted by Crippen LogP contribution is 2.37. The van der Waals surface area contributed by atoms with Crippen LogP contribution < -0.4 is 15.2 Å². The van der Waals surface area contributed by atoms with E-state index in [2.05, 4.69) is 5.32 Å². The highest BCUT2D eigenvalue weighted by Gasteiger charge is 2.23. The summed E-state index contributed by atoms with van der Waals surface area (Å²) < 4.78 is 29.9. The van der Waals surface area contributed by atoms with Gasteiger partial charge in [-0.3, -0.25) is 0 Å². The van der Waals surface area contributed by atoms with Gasteiger partial charge in [-0.05, 0) is 30.7 Å². The van der Waals surface area contributed by atoms with Crippen LogP contribution in [-0.2, 0) is 10.0 Å². The topological polar surface area (TPSA) is 104 Å². The molecule has 0 heterocycles. The maximum Gasteiger partial charge on any atom is 0.330 e. The van der Waals surface area contributed by atoms with E-state index in [-0.39, 0.29) is 15.7 Å². The number of nitrogens with one attached hydrogen (secondary N) is 1. The zero-order valence-corrected chi connectivity index (χ0v) is 15.4. The average molecular weight is 381 g/mol. The molecule has 0 atom stereocenters. The summed E-state index contributed by atoms with van der Waals surface area (Å²) in [6, 6.07) is 11.7. The summed E-state index contributed by atoms with van der Waals surface area (Å²) in [5.74, 6) is 0.581. The van der Waals surface area contributed by atoms with Gasteiger partial charge in [-0.1, -0.05) is 31.5 Å². The van der Waals surface area contributed by atoms with E-state index >= 15 is 0 Å². The van der Waals surface area contributed by atoms with Crippen LogP contribution in [0.25, 0.3) is 0 Å². The SMILES string of the molecule is CCCCNc1cc(C([OH2+])=S)cc(S(N)(=O)=O)c1Oc1ccccc1. The molecule has 0 radical (unpaired) electrons. The standard InChI is InChI=1S/C17H20N2O4S2/c1-2-3-9-19-14-10-12(17(20)24)11-15(25(18,21)22)16(14)23-13-7-5-4-6-8-13/h4-8,10-11,19H,2-3,9H2,1H3,(H,20,24)(H2,18,21,22)/p+1. The number of anilines is 1. The normalized spacial score (nSPS) is 11.1. The number of para-hydroxylation sites is 1. The lowest BCUT2D eigenvalue weighted by Gasteiger charge is -2.17. The summed E-state index contributed by atoms with van der Waals surface area (Å²) in [5.41, 5.74) is 0.729. The van der Waals surface area contributed by atoms with Crippen molar-refractivity contribution in [1.29, 1.82) is 0 Å². The van der Waals surface area contributed by atoms with Crippen molar-refractivity contribution in [1.82, 2.24) is 0 Å². The number of sulfonamides is 1. The first-order valence-corrected chi connectivity index (χ1v) is 9.72. The molecule has 0 aliphatic carbocycles. The molecule has 2 aromatic carbocycles. The van der Waals surface area contributed by atoms with Gasteiger partial charge in [0.05, 0.1) is 11.3 Å². The number of hydrogen-bond acceptors (Lipinski definition) is 5. The highest BCUT2D eigenvalue weighted by atomic mass is 32.2. The number of benzene rings is 2. The van der Waals surface area contributed by atoms with E-state index in [1.54, 1.807) is 30.3 Å². The molecule has 25 heavy (non-hydrogen) atoms. The van der Waals surface area contributed by atoms with Crippen molar-refractivity contribution in [2.75, 3.05) is 11.9 Å². The molecule has 134 valence electrons. The van der Waals surface area contributed by atoms with Gasteiger partial charge in [0.2, 0.25) is 10.0 Å². The first-order chi connectivity index (χ1) is 11.8. The van der Waals surface area contributed by atoms with Crippen LogP contribution in [0.2, 0.25) is 0 Å². The van der Waals surface area contributed by atoms with Gasteiger partial charge in [0.25, 0.3) is 0 Å². The number of rotatable bonds is 8. The summed E-state index contributed by atoms with van der Waals surface area (Å²) in [6.45, 7) is 2.67. The minimum Gasteiger partial charge on any atom is -0.585 e. The second-order valence-electron chi connectivity index (χ2n) is 5.42. The fraction of sp³-hybridized carbons (Fsp3) is 0.235. The quantitative estimate of drug-likeness (QED) is 0.416. The summed E-state index contributed by atoms with van der Waals surface area (Å²) in [4.78, 5) is -0.206. The summed E-state index contributed by atoms with van der Waals surface area (Å²) >= 11 is 4.87. The number of primary sulfonamides is 1. The van der Waals surface area contributed by atoms with Crippen LogP contribution in [0.5, 0.6) is 11.5 Å². The molecule has 6 nitrogen and oxygen atoms in total. The smallest absolute Gasteiger partial charge is 0.330 e. The van der Waals surface area contributed by atoms with Gasteiger partial charge in [-0.15, -0.1) is 0 Å². The third-order valence-corrected chi connectivity index (χ3v) is 4.58. The zero-order chi connectivity index (χ0) is 18.4. The van der Waals surface area contributed by atoms with Gasteiger partial charge in [0.15, 0.2) is 5.75 Å². The molecule has 0 aliphatic rings. The summed E-state index contributed by atoms with van der Waals surface area (Å²) in [7, 11) is -4.07. The van der Waals surface area contributed by atoms with Gasteiger partial charge >= 0.3 is 5.05 Å². The van der Waals surface area contributed by atoms with Gasteiger partial charge < -0.3 is 15.2 Å². The van der Waals surface area contributed by atoms with Gasteiger partial charge in [-0.2, -0.15) is 0 Å². The molecule has 0 spiro atoms. The second kappa shape index (κ2) is 8.28. The predicted molar refractivity (Wildman–Crippen MR) is 103 cm³/mol. The molecule has 0 saturated carbocycles. The minimum atomic E-state index is -4.07.